The summed E-state index contributed by atoms with van der Waals surface area (Å²) in [7, 11) is -3.74. The van der Waals surface area contributed by atoms with Crippen LogP contribution in [0.4, 0.5) is 18.0 Å². The Hall–Kier alpha value is -1.07. The van der Waals surface area contributed by atoms with Gasteiger partial charge < -0.3 is 10.5 Å². The monoisotopic (exact) mass is 279 g/mol. The first-order valence-corrected chi connectivity index (χ1v) is 5.69. The lowest BCUT2D eigenvalue weighted by atomic mass is 10.5. The summed E-state index contributed by atoms with van der Waals surface area (Å²) in [6.07, 6.45) is -6.12. The van der Waals surface area contributed by atoms with Crippen molar-refractivity contribution in [2.24, 2.45) is 5.73 Å². The number of hydrogen-bond donors (Lipinski definition) is 2. The summed E-state index contributed by atoms with van der Waals surface area (Å²) in [6, 6.07) is 0. The average Bonchev–Trinajstić information content (AvgIpc) is 2.14. The highest BCUT2D eigenvalue weighted by Gasteiger charge is 2.36. The maximum Gasteiger partial charge on any atom is 0.421 e. The SMILES string of the molecule is COC(=O)NS(=O)(=O)N(CCN)CC(F)(F)F. The van der Waals surface area contributed by atoms with Crippen molar-refractivity contribution in [2.75, 3.05) is 26.7 Å². The zero-order chi connectivity index (χ0) is 13.7. The predicted octanol–water partition coefficient (Wildman–Crippen LogP) is -0.590. The Balaban J connectivity index is 4.85. The molecule has 1 amide bonds. The third kappa shape index (κ3) is 6.28. The number of alkyl halides is 3. The largest absolute Gasteiger partial charge is 0.452 e. The number of carbonyl (C=O) groups is 1. The van der Waals surface area contributed by atoms with E-state index >= 15 is 0 Å². The van der Waals surface area contributed by atoms with Gasteiger partial charge in [0.05, 0.1) is 7.11 Å². The molecule has 0 aliphatic rings. The van der Waals surface area contributed by atoms with Gasteiger partial charge in [0.2, 0.25) is 0 Å². The molecule has 7 nitrogen and oxygen atoms in total. The van der Waals surface area contributed by atoms with E-state index in [-0.39, 0.29) is 10.8 Å². The van der Waals surface area contributed by atoms with E-state index in [0.717, 1.165) is 7.11 Å². The van der Waals surface area contributed by atoms with Gasteiger partial charge in [-0.1, -0.05) is 0 Å². The Morgan fingerprint density at radius 1 is 1.47 bits per heavy atom. The molecule has 0 aromatic heterocycles. The second kappa shape index (κ2) is 6.02. The molecular weight excluding hydrogens is 267 g/mol. The molecule has 0 rings (SSSR count). The Labute approximate surface area is 95.9 Å². The lowest BCUT2D eigenvalue weighted by Crippen LogP contribution is -2.48. The quantitative estimate of drug-likeness (QED) is 0.700. The highest BCUT2D eigenvalue weighted by Crippen LogP contribution is 2.17. The van der Waals surface area contributed by atoms with Crippen LogP contribution in [0, 0.1) is 0 Å². The molecular formula is C6H12F3N3O4S. The average molecular weight is 279 g/mol. The van der Waals surface area contributed by atoms with Crippen molar-refractivity contribution in [1.82, 2.24) is 9.03 Å². The standard InChI is InChI=1S/C6H12F3N3O4S/c1-16-5(13)11-17(14,15)12(3-2-10)4-6(7,8)9/h2-4,10H2,1H3,(H,11,13). The Morgan fingerprint density at radius 3 is 2.35 bits per heavy atom. The molecule has 0 atom stereocenters. The molecule has 0 unspecified atom stereocenters. The lowest BCUT2D eigenvalue weighted by molar-refractivity contribution is -0.136. The zero-order valence-corrected chi connectivity index (χ0v) is 9.64. The van der Waals surface area contributed by atoms with Gasteiger partial charge in [0.1, 0.15) is 6.54 Å². The molecule has 0 aliphatic carbocycles. The van der Waals surface area contributed by atoms with E-state index in [1.165, 1.54) is 4.72 Å². The minimum atomic E-state index is -4.74. The van der Waals surface area contributed by atoms with Crippen molar-refractivity contribution in [1.29, 1.82) is 0 Å². The number of nitrogens with zero attached hydrogens (tertiary/aromatic N) is 1. The molecule has 17 heavy (non-hydrogen) atoms. The van der Waals surface area contributed by atoms with E-state index in [4.69, 9.17) is 5.73 Å². The first kappa shape index (κ1) is 15.9. The van der Waals surface area contributed by atoms with Gasteiger partial charge in [-0.2, -0.15) is 25.9 Å². The molecule has 0 aliphatic heterocycles. The highest BCUT2D eigenvalue weighted by molar-refractivity contribution is 7.87. The number of carbonyl (C=O) groups excluding carboxylic acids is 1. The lowest BCUT2D eigenvalue weighted by Gasteiger charge is -2.22. The van der Waals surface area contributed by atoms with Crippen molar-refractivity contribution in [3.05, 3.63) is 0 Å². The summed E-state index contributed by atoms with van der Waals surface area (Å²) in [4.78, 5) is 10.7. The maximum atomic E-state index is 12.1. The summed E-state index contributed by atoms with van der Waals surface area (Å²) < 4.78 is 64.2. The number of ether oxygens (including phenoxy) is 1. The van der Waals surface area contributed by atoms with E-state index in [1.54, 1.807) is 0 Å². The van der Waals surface area contributed by atoms with Crippen LogP contribution in [-0.4, -0.2) is 51.7 Å². The molecule has 0 heterocycles. The number of rotatable bonds is 5. The van der Waals surface area contributed by atoms with Gasteiger partial charge in [0.15, 0.2) is 0 Å². The third-order valence-electron chi connectivity index (χ3n) is 1.47. The molecule has 0 saturated heterocycles. The third-order valence-corrected chi connectivity index (χ3v) is 2.89. The van der Waals surface area contributed by atoms with Crippen molar-refractivity contribution < 1.29 is 31.1 Å². The molecule has 0 aromatic rings. The van der Waals surface area contributed by atoms with Crippen LogP contribution >= 0.6 is 0 Å². The second-order valence-corrected chi connectivity index (χ2v) is 4.51. The Bertz CT molecular complexity index is 356. The molecule has 102 valence electrons. The number of halogens is 3. The van der Waals surface area contributed by atoms with Gasteiger partial charge in [-0.25, -0.2) is 9.52 Å². The molecule has 0 spiro atoms. The van der Waals surface area contributed by atoms with E-state index in [9.17, 15) is 26.4 Å². The van der Waals surface area contributed by atoms with Crippen LogP contribution < -0.4 is 10.5 Å². The molecule has 0 radical (unpaired) electrons. The van der Waals surface area contributed by atoms with Gasteiger partial charge in [0, 0.05) is 13.1 Å². The van der Waals surface area contributed by atoms with Gasteiger partial charge >= 0.3 is 22.5 Å². The zero-order valence-electron chi connectivity index (χ0n) is 8.82. The minimum absolute atomic E-state index is 0.00389. The summed E-state index contributed by atoms with van der Waals surface area (Å²) in [5.41, 5.74) is 4.99. The van der Waals surface area contributed by atoms with E-state index < -0.39 is 35.6 Å². The smallest absolute Gasteiger partial charge is 0.421 e. The van der Waals surface area contributed by atoms with Crippen LogP contribution in [0.3, 0.4) is 0 Å². The first-order valence-electron chi connectivity index (χ1n) is 4.25. The fourth-order valence-corrected chi connectivity index (χ4v) is 1.92. The Morgan fingerprint density at radius 2 is 2.00 bits per heavy atom. The van der Waals surface area contributed by atoms with Gasteiger partial charge in [0.25, 0.3) is 0 Å². The van der Waals surface area contributed by atoms with Crippen molar-refractivity contribution in [3.8, 4) is 0 Å². The number of amides is 1. The maximum absolute atomic E-state index is 12.1. The molecule has 0 bridgehead atoms. The number of nitrogens with one attached hydrogen (secondary N) is 1. The summed E-state index contributed by atoms with van der Waals surface area (Å²) in [5.74, 6) is 0. The highest BCUT2D eigenvalue weighted by atomic mass is 32.2. The number of nitrogens with two attached hydrogens (primary N) is 1. The topological polar surface area (TPSA) is 102 Å². The van der Waals surface area contributed by atoms with Crippen molar-refractivity contribution in [2.45, 2.75) is 6.18 Å². The van der Waals surface area contributed by atoms with Gasteiger partial charge in [-0.3, -0.25) is 0 Å². The Kier molecular flexibility index (Phi) is 5.64. The minimum Gasteiger partial charge on any atom is -0.452 e. The van der Waals surface area contributed by atoms with Crippen LogP contribution in [0.15, 0.2) is 0 Å². The van der Waals surface area contributed by atoms with Gasteiger partial charge in [-0.05, 0) is 0 Å². The summed E-state index contributed by atoms with van der Waals surface area (Å²) >= 11 is 0. The van der Waals surface area contributed by atoms with Crippen LogP contribution in [0.25, 0.3) is 0 Å². The second-order valence-electron chi connectivity index (χ2n) is 2.84. The summed E-state index contributed by atoms with van der Waals surface area (Å²) in [6.45, 7) is -2.64. The number of hydrogen-bond acceptors (Lipinski definition) is 5. The van der Waals surface area contributed by atoms with Crippen LogP contribution in [0.1, 0.15) is 0 Å². The van der Waals surface area contributed by atoms with Crippen LogP contribution in [0.2, 0.25) is 0 Å². The van der Waals surface area contributed by atoms with Crippen molar-refractivity contribution in [3.63, 3.8) is 0 Å². The molecule has 0 aromatic carbocycles. The fourth-order valence-electron chi connectivity index (χ4n) is 0.840. The van der Waals surface area contributed by atoms with E-state index in [0.29, 0.717) is 0 Å². The van der Waals surface area contributed by atoms with E-state index in [1.807, 2.05) is 0 Å². The molecule has 0 fully saturated rings. The molecule has 0 saturated carbocycles. The molecule has 3 N–H and O–H groups in total. The van der Waals surface area contributed by atoms with Crippen LogP contribution in [0.5, 0.6) is 0 Å². The predicted molar refractivity (Wildman–Crippen MR) is 51.1 cm³/mol. The van der Waals surface area contributed by atoms with Crippen LogP contribution in [-0.2, 0) is 14.9 Å². The number of methoxy groups -OCH3 is 1. The first-order chi connectivity index (χ1) is 7.62. The van der Waals surface area contributed by atoms with Crippen molar-refractivity contribution >= 4 is 16.3 Å². The molecule has 11 heteroatoms. The normalized spacial score (nSPS) is 12.6. The van der Waals surface area contributed by atoms with E-state index in [2.05, 4.69) is 4.74 Å². The summed E-state index contributed by atoms with van der Waals surface area (Å²) in [5, 5.41) is 0. The van der Waals surface area contributed by atoms with Gasteiger partial charge in [-0.15, -0.1) is 0 Å². The fraction of sp³-hybridized carbons (Fsp3) is 0.833.